The second-order valence-corrected chi connectivity index (χ2v) is 24.6. The number of hydrogen-bond acceptors (Lipinski definition) is 15. The molecule has 19 heteroatoms. The number of ether oxygens (including phenoxy) is 4. The van der Waals surface area contributed by atoms with E-state index in [-0.39, 0.29) is 25.7 Å². The van der Waals surface area contributed by atoms with E-state index in [1.165, 1.54) is 128 Å². The van der Waals surface area contributed by atoms with Gasteiger partial charge in [0.15, 0.2) is 12.2 Å². The van der Waals surface area contributed by atoms with Gasteiger partial charge < -0.3 is 33.8 Å². The van der Waals surface area contributed by atoms with Gasteiger partial charge in [-0.05, 0) is 25.7 Å². The van der Waals surface area contributed by atoms with Crippen molar-refractivity contribution in [3.8, 4) is 0 Å². The van der Waals surface area contributed by atoms with Gasteiger partial charge in [0.2, 0.25) is 0 Å². The number of aliphatic hydroxyl groups excluding tert-OH is 1. The summed E-state index contributed by atoms with van der Waals surface area (Å²) in [4.78, 5) is 71.7. The highest BCUT2D eigenvalue weighted by molar-refractivity contribution is 7.47. The van der Waals surface area contributed by atoms with E-state index in [9.17, 15) is 43.2 Å². The van der Waals surface area contributed by atoms with Gasteiger partial charge in [0.1, 0.15) is 19.3 Å². The maximum atomic E-state index is 12.9. The Morgan fingerprint density at radius 2 is 0.506 bits per heavy atom. The molecular formula is C60H116O17P2. The molecule has 0 saturated carbocycles. The molecule has 2 unspecified atom stereocenters. The van der Waals surface area contributed by atoms with Crippen LogP contribution in [0.2, 0.25) is 0 Å². The predicted molar refractivity (Wildman–Crippen MR) is 312 cm³/mol. The number of phosphoric ester groups is 2. The first-order chi connectivity index (χ1) is 38.2. The second-order valence-electron chi connectivity index (χ2n) is 21.7. The van der Waals surface area contributed by atoms with Crippen LogP contribution in [-0.4, -0.2) is 96.7 Å². The van der Waals surface area contributed by atoms with Crippen molar-refractivity contribution < 1.29 is 80.2 Å². The van der Waals surface area contributed by atoms with Crippen molar-refractivity contribution >= 4 is 39.5 Å². The molecule has 0 fully saturated rings. The Bertz CT molecular complexity index is 1540. The zero-order valence-electron chi connectivity index (χ0n) is 50.3. The van der Waals surface area contributed by atoms with Gasteiger partial charge in [-0.2, -0.15) is 0 Å². The Hall–Kier alpha value is -1.94. The number of carbonyl (C=O) groups is 4. The van der Waals surface area contributed by atoms with Crippen LogP contribution in [0.15, 0.2) is 0 Å². The summed E-state index contributed by atoms with van der Waals surface area (Å²) in [6.07, 6.45) is 39.2. The van der Waals surface area contributed by atoms with Crippen molar-refractivity contribution in [2.24, 2.45) is 0 Å². The van der Waals surface area contributed by atoms with E-state index in [1.807, 2.05) is 0 Å². The van der Waals surface area contributed by atoms with E-state index in [1.54, 1.807) is 0 Å². The van der Waals surface area contributed by atoms with Gasteiger partial charge in [-0.15, -0.1) is 0 Å². The molecule has 3 N–H and O–H groups in total. The number of hydrogen-bond donors (Lipinski definition) is 3. The summed E-state index contributed by atoms with van der Waals surface area (Å²) >= 11 is 0. The molecule has 17 nitrogen and oxygen atoms in total. The number of aliphatic hydroxyl groups is 1. The van der Waals surface area contributed by atoms with Gasteiger partial charge in [-0.25, -0.2) is 9.13 Å². The third-order valence-electron chi connectivity index (χ3n) is 13.9. The standard InChI is InChI=1S/C60H116O17P2/c1-5-9-13-17-20-23-25-27-29-31-33-37-41-45-58(63)71-51-56(77-59(64)46-42-38-34-30-22-19-15-11-7-3)53-75-79(68,69)73-49-54(61)48-72-78(66,67)74-52-55(50-70-57(62)44-40-36-16-12-8-4)76-60(65)47-43-39-35-32-28-26-24-21-18-14-10-6-2/h54-56,61H,5-53H2,1-4H3,(H,66,67)(H,68,69)/t54-,55-,56-/m1/s1. The van der Waals surface area contributed by atoms with Crippen LogP contribution in [0.1, 0.15) is 304 Å². The first kappa shape index (κ1) is 77.1. The lowest BCUT2D eigenvalue weighted by atomic mass is 10.0. The van der Waals surface area contributed by atoms with Crippen molar-refractivity contribution in [3.63, 3.8) is 0 Å². The first-order valence-corrected chi connectivity index (χ1v) is 34.8. The number of esters is 4. The number of unbranched alkanes of at least 4 members (excludes halogenated alkanes) is 35. The lowest BCUT2D eigenvalue weighted by Gasteiger charge is -2.21. The molecule has 0 saturated heterocycles. The van der Waals surface area contributed by atoms with Crippen LogP contribution in [-0.2, 0) is 65.4 Å². The van der Waals surface area contributed by atoms with Crippen LogP contribution in [0.3, 0.4) is 0 Å². The van der Waals surface area contributed by atoms with Crippen molar-refractivity contribution in [2.45, 2.75) is 322 Å². The third-order valence-corrected chi connectivity index (χ3v) is 15.8. The van der Waals surface area contributed by atoms with Gasteiger partial charge in [0.05, 0.1) is 26.4 Å². The lowest BCUT2D eigenvalue weighted by molar-refractivity contribution is -0.161. The highest BCUT2D eigenvalue weighted by Crippen LogP contribution is 2.45. The minimum absolute atomic E-state index is 0.106. The number of phosphoric acid groups is 2. The van der Waals surface area contributed by atoms with E-state index < -0.39 is 97.5 Å². The summed E-state index contributed by atoms with van der Waals surface area (Å²) in [5, 5.41) is 10.5. The molecule has 0 heterocycles. The normalized spacial score (nSPS) is 14.3. The molecule has 0 radical (unpaired) electrons. The van der Waals surface area contributed by atoms with E-state index >= 15 is 0 Å². The van der Waals surface area contributed by atoms with Gasteiger partial charge >= 0.3 is 39.5 Å². The summed E-state index contributed by atoms with van der Waals surface area (Å²) in [6.45, 7) is 4.77. The maximum Gasteiger partial charge on any atom is 0.472 e. The number of carbonyl (C=O) groups excluding carboxylic acids is 4. The Balaban J connectivity index is 5.14. The molecule has 0 aromatic heterocycles. The zero-order chi connectivity index (χ0) is 58.3. The third kappa shape index (κ3) is 55.0. The molecule has 0 rings (SSSR count). The molecule has 0 bridgehead atoms. The molecule has 5 atom stereocenters. The minimum Gasteiger partial charge on any atom is -0.462 e. The monoisotopic (exact) mass is 1170 g/mol. The van der Waals surface area contributed by atoms with Gasteiger partial charge in [-0.1, -0.05) is 252 Å². The van der Waals surface area contributed by atoms with Crippen molar-refractivity contribution in [2.75, 3.05) is 39.6 Å². The molecule has 0 aliphatic carbocycles. The van der Waals surface area contributed by atoms with E-state index in [2.05, 4.69) is 27.7 Å². The summed E-state index contributed by atoms with van der Waals surface area (Å²) in [7, 11) is -9.87. The van der Waals surface area contributed by atoms with Crippen molar-refractivity contribution in [3.05, 3.63) is 0 Å². The fraction of sp³-hybridized carbons (Fsp3) is 0.933. The summed E-state index contributed by atoms with van der Waals surface area (Å²) in [5.74, 6) is -2.15. The number of rotatable bonds is 61. The largest absolute Gasteiger partial charge is 0.472 e. The van der Waals surface area contributed by atoms with Gasteiger partial charge in [-0.3, -0.25) is 37.3 Å². The zero-order valence-corrected chi connectivity index (χ0v) is 52.1. The maximum absolute atomic E-state index is 12.9. The van der Waals surface area contributed by atoms with Gasteiger partial charge in [0, 0.05) is 25.7 Å². The molecule has 468 valence electrons. The molecule has 0 amide bonds. The van der Waals surface area contributed by atoms with Crippen LogP contribution in [0.5, 0.6) is 0 Å². The van der Waals surface area contributed by atoms with Crippen molar-refractivity contribution in [1.29, 1.82) is 0 Å². The molecule has 0 aromatic rings. The van der Waals surface area contributed by atoms with E-state index in [0.717, 1.165) is 96.3 Å². The Kier molecular flexibility index (Phi) is 53.9. The fourth-order valence-electron chi connectivity index (χ4n) is 8.93. The molecule has 0 aromatic carbocycles. The highest BCUT2D eigenvalue weighted by atomic mass is 31.2. The molecule has 0 spiro atoms. The molecule has 0 aliphatic heterocycles. The second kappa shape index (κ2) is 55.3. The molecular weight excluding hydrogens is 1050 g/mol. The predicted octanol–water partition coefficient (Wildman–Crippen LogP) is 16.4. The average Bonchev–Trinajstić information content (AvgIpc) is 3.42. The van der Waals surface area contributed by atoms with E-state index in [4.69, 9.17) is 37.0 Å². The SMILES string of the molecule is CCCCCCCCCCCCCCCC(=O)OC[C@H](COP(=O)(O)OC[C@H](O)COP(=O)(O)OC[C@@H](COC(=O)CCCCCCC)OC(=O)CCCCCCCCCCCCCC)OC(=O)CCCCCCCCCCC. The average molecular weight is 1170 g/mol. The van der Waals surface area contributed by atoms with Crippen LogP contribution in [0, 0.1) is 0 Å². The summed E-state index contributed by atoms with van der Waals surface area (Å²) in [5.41, 5.74) is 0. The lowest BCUT2D eigenvalue weighted by Crippen LogP contribution is -2.30. The smallest absolute Gasteiger partial charge is 0.462 e. The molecule has 0 aliphatic rings. The quantitative estimate of drug-likeness (QED) is 0.0222. The van der Waals surface area contributed by atoms with Gasteiger partial charge in [0.25, 0.3) is 0 Å². The molecule has 79 heavy (non-hydrogen) atoms. The fourth-order valence-corrected chi connectivity index (χ4v) is 10.5. The first-order valence-electron chi connectivity index (χ1n) is 31.8. The Morgan fingerprint density at radius 1 is 0.304 bits per heavy atom. The van der Waals surface area contributed by atoms with Crippen LogP contribution in [0.25, 0.3) is 0 Å². The summed E-state index contributed by atoms with van der Waals surface area (Å²) < 4.78 is 67.6. The highest BCUT2D eigenvalue weighted by Gasteiger charge is 2.30. The van der Waals surface area contributed by atoms with Crippen LogP contribution in [0.4, 0.5) is 0 Å². The van der Waals surface area contributed by atoms with Crippen molar-refractivity contribution in [1.82, 2.24) is 0 Å². The Labute approximate surface area is 479 Å². The van der Waals surface area contributed by atoms with Crippen LogP contribution >= 0.6 is 15.6 Å². The summed E-state index contributed by atoms with van der Waals surface area (Å²) in [6, 6.07) is 0. The topological polar surface area (TPSA) is 237 Å². The Morgan fingerprint density at radius 3 is 0.747 bits per heavy atom. The minimum atomic E-state index is -4.93. The van der Waals surface area contributed by atoms with Crippen LogP contribution < -0.4 is 0 Å². The van der Waals surface area contributed by atoms with E-state index in [0.29, 0.717) is 25.7 Å².